The lowest BCUT2D eigenvalue weighted by atomic mass is 10.2. The first-order valence-corrected chi connectivity index (χ1v) is 8.49. The zero-order valence-corrected chi connectivity index (χ0v) is 13.5. The van der Waals surface area contributed by atoms with E-state index in [2.05, 4.69) is 46.7 Å². The molecule has 1 aliphatic heterocycles. The summed E-state index contributed by atoms with van der Waals surface area (Å²) in [5.74, 6) is 2.85. The first kappa shape index (κ1) is 15.0. The molecule has 0 aromatic heterocycles. The molecule has 1 N–H and O–H groups in total. The van der Waals surface area contributed by atoms with Gasteiger partial charge in [-0.3, -0.25) is 4.99 Å². The van der Waals surface area contributed by atoms with Gasteiger partial charge in [0.15, 0.2) is 0 Å². The first-order chi connectivity index (χ1) is 10.9. The number of nitrogens with zero attached hydrogens (tertiary/aromatic N) is 1. The molecule has 114 valence electrons. The van der Waals surface area contributed by atoms with E-state index in [0.29, 0.717) is 0 Å². The molecule has 0 amide bonds. The Kier molecular flexibility index (Phi) is 5.01. The maximum absolute atomic E-state index is 5.43. The summed E-state index contributed by atoms with van der Waals surface area (Å²) in [5, 5.41) is 3.41. The summed E-state index contributed by atoms with van der Waals surface area (Å²) in [6.45, 7) is 1.91. The molecule has 2 aromatic carbocycles. The molecule has 0 spiro atoms. The summed E-state index contributed by atoms with van der Waals surface area (Å²) in [5.41, 5.74) is 2.41. The Balaban J connectivity index is 1.79. The molecule has 0 aliphatic carbocycles. The van der Waals surface area contributed by atoms with Crippen LogP contribution < -0.4 is 10.1 Å². The molecule has 1 heterocycles. The molecule has 0 saturated carbocycles. The van der Waals surface area contributed by atoms with Crippen molar-refractivity contribution in [2.24, 2.45) is 4.99 Å². The fourth-order valence-electron chi connectivity index (χ4n) is 2.48. The summed E-state index contributed by atoms with van der Waals surface area (Å²) >= 11 is 1.82. The zero-order valence-electron chi connectivity index (χ0n) is 12.7. The number of methoxy groups -OCH3 is 1. The summed E-state index contributed by atoms with van der Waals surface area (Å²) < 4.78 is 5.43. The molecule has 3 nitrogen and oxygen atoms in total. The quantitative estimate of drug-likeness (QED) is 0.854. The van der Waals surface area contributed by atoms with Gasteiger partial charge < -0.3 is 10.1 Å². The molecular weight excluding hydrogens is 292 g/mol. The predicted molar refractivity (Wildman–Crippen MR) is 93.0 cm³/mol. The highest BCUT2D eigenvalue weighted by Crippen LogP contribution is 2.30. The largest absolute Gasteiger partial charge is 0.496 e. The Hall–Kier alpha value is -1.94. The molecule has 1 aliphatic rings. The van der Waals surface area contributed by atoms with E-state index in [1.54, 1.807) is 7.11 Å². The number of hydrogen-bond acceptors (Lipinski definition) is 4. The van der Waals surface area contributed by atoms with Gasteiger partial charge in [0.05, 0.1) is 7.11 Å². The van der Waals surface area contributed by atoms with Gasteiger partial charge in [0.25, 0.3) is 0 Å². The molecule has 0 bridgehead atoms. The Morgan fingerprint density at radius 2 is 1.95 bits per heavy atom. The second-order valence-corrected chi connectivity index (χ2v) is 6.12. The third-order valence-electron chi connectivity index (χ3n) is 3.62. The van der Waals surface area contributed by atoms with Crippen LogP contribution in [0.1, 0.15) is 17.5 Å². The molecule has 22 heavy (non-hydrogen) atoms. The van der Waals surface area contributed by atoms with Gasteiger partial charge in [0, 0.05) is 34.9 Å². The third-order valence-corrected chi connectivity index (χ3v) is 4.74. The lowest BCUT2D eigenvalue weighted by Gasteiger charge is -2.17. The van der Waals surface area contributed by atoms with Crippen LogP contribution in [-0.4, -0.2) is 26.0 Å². The van der Waals surface area contributed by atoms with Crippen LogP contribution >= 0.6 is 11.8 Å². The van der Waals surface area contributed by atoms with E-state index in [4.69, 9.17) is 4.74 Å². The van der Waals surface area contributed by atoms with Gasteiger partial charge >= 0.3 is 0 Å². The number of benzene rings is 2. The standard InChI is InChI=1S/C18H20N2OS/c1-21-16-9-4-2-7-14(16)13-22-17-10-5-3-8-15(17)18-19-11-6-12-20-18/h2-5,7-10H,6,11-13H2,1H3,(H,19,20). The summed E-state index contributed by atoms with van der Waals surface area (Å²) in [4.78, 5) is 5.87. The number of thioether (sulfide) groups is 1. The average molecular weight is 312 g/mol. The minimum absolute atomic E-state index is 0.883. The number of ether oxygens (including phenoxy) is 1. The van der Waals surface area contributed by atoms with Crippen LogP contribution in [0.3, 0.4) is 0 Å². The fraction of sp³-hybridized carbons (Fsp3) is 0.278. The topological polar surface area (TPSA) is 33.6 Å². The lowest BCUT2D eigenvalue weighted by Crippen LogP contribution is -2.30. The molecule has 3 rings (SSSR count). The SMILES string of the molecule is COc1ccccc1CSc1ccccc1C1=NCCCN1. The second-order valence-electron chi connectivity index (χ2n) is 5.11. The molecular formula is C18H20N2OS. The van der Waals surface area contributed by atoms with E-state index in [1.165, 1.54) is 16.0 Å². The van der Waals surface area contributed by atoms with Crippen LogP contribution in [0.25, 0.3) is 0 Å². The Morgan fingerprint density at radius 3 is 2.77 bits per heavy atom. The highest BCUT2D eigenvalue weighted by atomic mass is 32.2. The maximum atomic E-state index is 5.43. The minimum Gasteiger partial charge on any atom is -0.496 e. The summed E-state index contributed by atoms with van der Waals surface area (Å²) in [6, 6.07) is 16.6. The Bertz CT molecular complexity index is 670. The van der Waals surface area contributed by atoms with E-state index < -0.39 is 0 Å². The van der Waals surface area contributed by atoms with Crippen LogP contribution in [0, 0.1) is 0 Å². The van der Waals surface area contributed by atoms with Gasteiger partial charge in [-0.2, -0.15) is 0 Å². The van der Waals surface area contributed by atoms with E-state index in [0.717, 1.165) is 36.8 Å². The first-order valence-electron chi connectivity index (χ1n) is 7.51. The molecule has 0 fully saturated rings. The van der Waals surface area contributed by atoms with E-state index in [-0.39, 0.29) is 0 Å². The molecule has 0 atom stereocenters. The fourth-order valence-corrected chi connectivity index (χ4v) is 3.52. The van der Waals surface area contributed by atoms with Crippen molar-refractivity contribution in [2.75, 3.05) is 20.2 Å². The summed E-state index contributed by atoms with van der Waals surface area (Å²) in [7, 11) is 1.72. The van der Waals surface area contributed by atoms with Gasteiger partial charge in [0.2, 0.25) is 0 Å². The molecule has 0 radical (unpaired) electrons. The van der Waals surface area contributed by atoms with Crippen molar-refractivity contribution in [2.45, 2.75) is 17.1 Å². The molecule has 4 heteroatoms. The number of amidine groups is 1. The lowest BCUT2D eigenvalue weighted by molar-refractivity contribution is 0.411. The monoisotopic (exact) mass is 312 g/mol. The van der Waals surface area contributed by atoms with Gasteiger partial charge in [-0.05, 0) is 18.6 Å². The predicted octanol–water partition coefficient (Wildman–Crippen LogP) is 3.73. The number of hydrogen-bond donors (Lipinski definition) is 1. The number of rotatable bonds is 5. The van der Waals surface area contributed by atoms with Crippen molar-refractivity contribution in [3.63, 3.8) is 0 Å². The zero-order chi connectivity index (χ0) is 15.2. The van der Waals surface area contributed by atoms with Crippen molar-refractivity contribution in [1.82, 2.24) is 5.32 Å². The number of aliphatic imine (C=N–C) groups is 1. The maximum Gasteiger partial charge on any atom is 0.129 e. The van der Waals surface area contributed by atoms with E-state index in [1.807, 2.05) is 23.9 Å². The van der Waals surface area contributed by atoms with Crippen molar-refractivity contribution >= 4 is 17.6 Å². The van der Waals surface area contributed by atoms with Crippen LogP contribution in [0.15, 0.2) is 58.4 Å². The Labute approximate surface area is 135 Å². The van der Waals surface area contributed by atoms with Crippen LogP contribution in [-0.2, 0) is 5.75 Å². The van der Waals surface area contributed by atoms with Crippen molar-refractivity contribution in [1.29, 1.82) is 0 Å². The molecule has 2 aromatic rings. The van der Waals surface area contributed by atoms with Crippen LogP contribution in [0.5, 0.6) is 5.75 Å². The van der Waals surface area contributed by atoms with Crippen molar-refractivity contribution in [3.05, 3.63) is 59.7 Å². The molecule has 0 unspecified atom stereocenters. The van der Waals surface area contributed by atoms with Crippen molar-refractivity contribution in [3.8, 4) is 5.75 Å². The normalized spacial score (nSPS) is 14.1. The Morgan fingerprint density at radius 1 is 1.14 bits per heavy atom. The number of nitrogens with one attached hydrogen (secondary N) is 1. The summed E-state index contributed by atoms with van der Waals surface area (Å²) in [6.07, 6.45) is 1.11. The highest BCUT2D eigenvalue weighted by molar-refractivity contribution is 7.98. The smallest absolute Gasteiger partial charge is 0.129 e. The average Bonchev–Trinajstić information content (AvgIpc) is 2.61. The number of para-hydroxylation sites is 1. The highest BCUT2D eigenvalue weighted by Gasteiger charge is 2.12. The van der Waals surface area contributed by atoms with Gasteiger partial charge in [0.1, 0.15) is 11.6 Å². The van der Waals surface area contributed by atoms with E-state index in [9.17, 15) is 0 Å². The third kappa shape index (κ3) is 3.45. The van der Waals surface area contributed by atoms with Crippen molar-refractivity contribution < 1.29 is 4.74 Å². The van der Waals surface area contributed by atoms with Gasteiger partial charge in [-0.1, -0.05) is 36.4 Å². The van der Waals surface area contributed by atoms with Crippen LogP contribution in [0.4, 0.5) is 0 Å². The van der Waals surface area contributed by atoms with E-state index >= 15 is 0 Å². The van der Waals surface area contributed by atoms with Crippen LogP contribution in [0.2, 0.25) is 0 Å². The second kappa shape index (κ2) is 7.36. The molecule has 0 saturated heterocycles. The van der Waals surface area contributed by atoms with Gasteiger partial charge in [-0.15, -0.1) is 11.8 Å². The van der Waals surface area contributed by atoms with Gasteiger partial charge in [-0.25, -0.2) is 0 Å². The minimum atomic E-state index is 0.883.